The number of amides is 3. The standard InChI is InChI=1S/C22H26N4O4/c1-3-30-21(28)18-9-10-19(23-15(18)2)20(27)24-17-11-13-26(14-12-17)22(29)25-16-7-5-4-6-8-16/h4-10,17H,3,11-14H2,1-2H3,(H,24,27)(H,25,29). The van der Waals surface area contributed by atoms with Crippen LogP contribution in [0.4, 0.5) is 10.5 Å². The Kier molecular flexibility index (Phi) is 7.00. The fraction of sp³-hybridized carbons (Fsp3) is 0.364. The van der Waals surface area contributed by atoms with Crippen LogP contribution in [-0.2, 0) is 4.74 Å². The molecule has 0 saturated carbocycles. The van der Waals surface area contributed by atoms with E-state index >= 15 is 0 Å². The number of rotatable bonds is 5. The van der Waals surface area contributed by atoms with E-state index in [0.717, 1.165) is 5.69 Å². The summed E-state index contributed by atoms with van der Waals surface area (Å²) in [5.74, 6) is -0.740. The highest BCUT2D eigenvalue weighted by Crippen LogP contribution is 2.14. The molecule has 158 valence electrons. The number of carbonyl (C=O) groups excluding carboxylic acids is 3. The summed E-state index contributed by atoms with van der Waals surface area (Å²) < 4.78 is 4.98. The van der Waals surface area contributed by atoms with Gasteiger partial charge in [0.1, 0.15) is 5.69 Å². The topological polar surface area (TPSA) is 101 Å². The van der Waals surface area contributed by atoms with Crippen LogP contribution in [0.2, 0.25) is 0 Å². The number of esters is 1. The van der Waals surface area contributed by atoms with Crippen molar-refractivity contribution in [2.45, 2.75) is 32.7 Å². The number of nitrogens with one attached hydrogen (secondary N) is 2. The second kappa shape index (κ2) is 9.87. The van der Waals surface area contributed by atoms with Crippen LogP contribution in [-0.4, -0.2) is 53.5 Å². The summed E-state index contributed by atoms with van der Waals surface area (Å²) in [7, 11) is 0. The smallest absolute Gasteiger partial charge is 0.339 e. The predicted molar refractivity (Wildman–Crippen MR) is 112 cm³/mol. The third kappa shape index (κ3) is 5.34. The largest absolute Gasteiger partial charge is 0.462 e. The molecule has 2 N–H and O–H groups in total. The third-order valence-corrected chi connectivity index (χ3v) is 4.96. The van der Waals surface area contributed by atoms with E-state index in [4.69, 9.17) is 4.74 Å². The average molecular weight is 410 g/mol. The van der Waals surface area contributed by atoms with Crippen LogP contribution in [0.1, 0.15) is 46.3 Å². The van der Waals surface area contributed by atoms with Gasteiger partial charge < -0.3 is 20.3 Å². The first kappa shape index (κ1) is 21.3. The Morgan fingerprint density at radius 3 is 2.43 bits per heavy atom. The minimum atomic E-state index is -0.449. The summed E-state index contributed by atoms with van der Waals surface area (Å²) in [4.78, 5) is 42.8. The molecule has 2 aromatic rings. The van der Waals surface area contributed by atoms with E-state index in [2.05, 4.69) is 15.6 Å². The van der Waals surface area contributed by atoms with Crippen molar-refractivity contribution in [1.29, 1.82) is 0 Å². The van der Waals surface area contributed by atoms with E-state index in [9.17, 15) is 14.4 Å². The number of anilines is 1. The lowest BCUT2D eigenvalue weighted by molar-refractivity contribution is 0.0524. The highest BCUT2D eigenvalue weighted by atomic mass is 16.5. The van der Waals surface area contributed by atoms with Gasteiger partial charge >= 0.3 is 12.0 Å². The lowest BCUT2D eigenvalue weighted by atomic mass is 10.0. The Morgan fingerprint density at radius 2 is 1.80 bits per heavy atom. The zero-order chi connectivity index (χ0) is 21.5. The molecule has 1 aliphatic rings. The molecule has 1 aromatic heterocycles. The van der Waals surface area contributed by atoms with Gasteiger partial charge in [-0.05, 0) is 51.0 Å². The van der Waals surface area contributed by atoms with Gasteiger partial charge in [-0.15, -0.1) is 0 Å². The number of piperidine rings is 1. The van der Waals surface area contributed by atoms with Gasteiger partial charge in [0.05, 0.1) is 17.9 Å². The molecule has 0 unspecified atom stereocenters. The van der Waals surface area contributed by atoms with Gasteiger partial charge in [-0.2, -0.15) is 0 Å². The van der Waals surface area contributed by atoms with Crippen molar-refractivity contribution >= 4 is 23.6 Å². The number of aryl methyl sites for hydroxylation is 1. The minimum Gasteiger partial charge on any atom is -0.462 e. The molecule has 1 fully saturated rings. The van der Waals surface area contributed by atoms with Gasteiger partial charge in [0.25, 0.3) is 5.91 Å². The molecule has 0 spiro atoms. The normalized spacial score (nSPS) is 14.1. The minimum absolute atomic E-state index is 0.0369. The lowest BCUT2D eigenvalue weighted by Gasteiger charge is -2.32. The van der Waals surface area contributed by atoms with E-state index in [1.807, 2.05) is 30.3 Å². The molecule has 1 aliphatic heterocycles. The van der Waals surface area contributed by atoms with Gasteiger partial charge in [0.15, 0.2) is 0 Å². The molecule has 0 aliphatic carbocycles. The molecule has 0 bridgehead atoms. The first-order chi connectivity index (χ1) is 14.5. The maximum absolute atomic E-state index is 12.5. The number of para-hydroxylation sites is 1. The summed E-state index contributed by atoms with van der Waals surface area (Å²) in [5, 5.41) is 5.84. The Labute approximate surface area is 175 Å². The van der Waals surface area contributed by atoms with Gasteiger partial charge in [0, 0.05) is 24.8 Å². The van der Waals surface area contributed by atoms with Crippen LogP contribution in [0, 0.1) is 6.92 Å². The Hall–Kier alpha value is -3.42. The molecule has 8 heteroatoms. The summed E-state index contributed by atoms with van der Waals surface area (Å²) in [6.45, 7) is 4.80. The molecule has 30 heavy (non-hydrogen) atoms. The summed E-state index contributed by atoms with van der Waals surface area (Å²) in [6.07, 6.45) is 1.32. The van der Waals surface area contributed by atoms with Crippen molar-refractivity contribution in [3.63, 3.8) is 0 Å². The first-order valence-corrected chi connectivity index (χ1v) is 10.0. The van der Waals surface area contributed by atoms with Crippen LogP contribution >= 0.6 is 0 Å². The first-order valence-electron chi connectivity index (χ1n) is 10.0. The van der Waals surface area contributed by atoms with Crippen LogP contribution in [0.15, 0.2) is 42.5 Å². The molecule has 2 heterocycles. The fourth-order valence-electron chi connectivity index (χ4n) is 3.32. The van der Waals surface area contributed by atoms with Crippen molar-refractivity contribution in [2.75, 3.05) is 25.0 Å². The molecular formula is C22H26N4O4. The SMILES string of the molecule is CCOC(=O)c1ccc(C(=O)NC2CCN(C(=O)Nc3ccccc3)CC2)nc1C. The van der Waals surface area contributed by atoms with E-state index in [-0.39, 0.29) is 30.3 Å². The number of ether oxygens (including phenoxy) is 1. The fourth-order valence-corrected chi connectivity index (χ4v) is 3.32. The number of urea groups is 1. The number of likely N-dealkylation sites (tertiary alicyclic amines) is 1. The monoisotopic (exact) mass is 410 g/mol. The quantitative estimate of drug-likeness (QED) is 0.738. The van der Waals surface area contributed by atoms with E-state index in [1.54, 1.807) is 24.8 Å². The maximum Gasteiger partial charge on any atom is 0.339 e. The molecule has 1 aromatic carbocycles. The molecule has 0 atom stereocenters. The number of benzene rings is 1. The van der Waals surface area contributed by atoms with Crippen molar-refractivity contribution in [3.8, 4) is 0 Å². The van der Waals surface area contributed by atoms with Gasteiger partial charge in [-0.25, -0.2) is 14.6 Å². The molecule has 8 nitrogen and oxygen atoms in total. The number of hydrogen-bond acceptors (Lipinski definition) is 5. The molecule has 3 rings (SSSR count). The third-order valence-electron chi connectivity index (χ3n) is 4.96. The molecule has 1 saturated heterocycles. The summed E-state index contributed by atoms with van der Waals surface area (Å²) in [5.41, 5.74) is 1.81. The van der Waals surface area contributed by atoms with Crippen molar-refractivity contribution < 1.29 is 19.1 Å². The highest BCUT2D eigenvalue weighted by Gasteiger charge is 2.25. The van der Waals surface area contributed by atoms with Gasteiger partial charge in [-0.1, -0.05) is 18.2 Å². The summed E-state index contributed by atoms with van der Waals surface area (Å²) >= 11 is 0. The van der Waals surface area contributed by atoms with Crippen molar-refractivity contribution in [2.24, 2.45) is 0 Å². The molecule has 3 amide bonds. The molecule has 0 radical (unpaired) electrons. The van der Waals surface area contributed by atoms with E-state index in [1.165, 1.54) is 6.07 Å². The zero-order valence-corrected chi connectivity index (χ0v) is 17.2. The van der Waals surface area contributed by atoms with Crippen molar-refractivity contribution in [1.82, 2.24) is 15.2 Å². The Morgan fingerprint density at radius 1 is 1.10 bits per heavy atom. The highest BCUT2D eigenvalue weighted by molar-refractivity contribution is 5.95. The number of hydrogen-bond donors (Lipinski definition) is 2. The van der Waals surface area contributed by atoms with E-state index < -0.39 is 5.97 Å². The lowest BCUT2D eigenvalue weighted by Crippen LogP contribution is -2.47. The van der Waals surface area contributed by atoms with Gasteiger partial charge in [-0.3, -0.25) is 4.79 Å². The zero-order valence-electron chi connectivity index (χ0n) is 17.2. The number of carbonyl (C=O) groups is 3. The van der Waals surface area contributed by atoms with Crippen LogP contribution in [0.3, 0.4) is 0 Å². The maximum atomic E-state index is 12.5. The summed E-state index contributed by atoms with van der Waals surface area (Å²) in [6, 6.07) is 12.2. The average Bonchev–Trinajstić information content (AvgIpc) is 2.75. The van der Waals surface area contributed by atoms with Crippen molar-refractivity contribution in [3.05, 3.63) is 59.4 Å². The predicted octanol–water partition coefficient (Wildman–Crippen LogP) is 2.99. The molecular weight excluding hydrogens is 384 g/mol. The number of pyridine rings is 1. The Bertz CT molecular complexity index is 909. The second-order valence-corrected chi connectivity index (χ2v) is 7.08. The number of aromatic nitrogens is 1. The van der Waals surface area contributed by atoms with Crippen LogP contribution < -0.4 is 10.6 Å². The van der Waals surface area contributed by atoms with Crippen LogP contribution in [0.5, 0.6) is 0 Å². The number of nitrogens with zero attached hydrogens (tertiary/aromatic N) is 2. The second-order valence-electron chi connectivity index (χ2n) is 7.08. The van der Waals surface area contributed by atoms with Gasteiger partial charge in [0.2, 0.25) is 0 Å². The Balaban J connectivity index is 1.51. The van der Waals surface area contributed by atoms with E-state index in [0.29, 0.717) is 37.2 Å². The van der Waals surface area contributed by atoms with Crippen LogP contribution in [0.25, 0.3) is 0 Å².